The van der Waals surface area contributed by atoms with Gasteiger partial charge in [-0.1, -0.05) is 35.3 Å². The SMILES string of the molecule is O=C(O)[C@H](Cc1ccc(O)cc1)NC(=O)[C@@H]1CCCN1S(=O)(=O)c1cc(Cl)cc(Cl)c1. The highest BCUT2D eigenvalue weighted by atomic mass is 35.5. The molecule has 2 aromatic rings. The van der Waals surface area contributed by atoms with E-state index in [1.54, 1.807) is 12.1 Å². The Labute approximate surface area is 189 Å². The molecule has 166 valence electrons. The van der Waals surface area contributed by atoms with Crippen LogP contribution in [0, 0.1) is 0 Å². The van der Waals surface area contributed by atoms with E-state index in [1.165, 1.54) is 30.3 Å². The number of halogens is 2. The minimum Gasteiger partial charge on any atom is -0.508 e. The van der Waals surface area contributed by atoms with Gasteiger partial charge in [0.15, 0.2) is 0 Å². The number of aromatic hydroxyl groups is 1. The second-order valence-electron chi connectivity index (χ2n) is 7.15. The number of carboxylic acid groups (broad SMARTS) is 1. The van der Waals surface area contributed by atoms with Crippen LogP contribution in [0.4, 0.5) is 0 Å². The van der Waals surface area contributed by atoms with Crippen molar-refractivity contribution in [2.45, 2.75) is 36.2 Å². The number of aliphatic carboxylic acids is 1. The first-order valence-electron chi connectivity index (χ1n) is 9.37. The average Bonchev–Trinajstić information content (AvgIpc) is 3.19. The van der Waals surface area contributed by atoms with E-state index in [1.807, 2.05) is 0 Å². The number of carboxylic acids is 1. The number of nitrogens with zero attached hydrogens (tertiary/aromatic N) is 1. The van der Waals surface area contributed by atoms with Crippen molar-refractivity contribution in [2.75, 3.05) is 6.54 Å². The zero-order chi connectivity index (χ0) is 22.8. The van der Waals surface area contributed by atoms with Crippen LogP contribution in [-0.4, -0.2) is 53.4 Å². The lowest BCUT2D eigenvalue weighted by atomic mass is 10.1. The molecule has 0 unspecified atom stereocenters. The van der Waals surface area contributed by atoms with Crippen LogP contribution in [0.1, 0.15) is 18.4 Å². The Morgan fingerprint density at radius 2 is 1.74 bits per heavy atom. The largest absolute Gasteiger partial charge is 0.508 e. The van der Waals surface area contributed by atoms with E-state index < -0.39 is 34.0 Å². The standard InChI is InChI=1S/C20H20Cl2N2O6S/c21-13-9-14(22)11-16(10-13)31(29,30)24-7-1-2-18(24)19(26)23-17(20(27)28)8-12-3-5-15(25)6-4-12/h3-6,9-11,17-18,25H,1-2,7-8H2,(H,23,26)(H,27,28)/t17-,18-/m0/s1. The van der Waals surface area contributed by atoms with Gasteiger partial charge in [-0.25, -0.2) is 13.2 Å². The summed E-state index contributed by atoms with van der Waals surface area (Å²) in [5, 5.41) is 21.6. The van der Waals surface area contributed by atoms with E-state index in [-0.39, 0.29) is 40.1 Å². The van der Waals surface area contributed by atoms with Crippen LogP contribution in [-0.2, 0) is 26.0 Å². The van der Waals surface area contributed by atoms with Crippen molar-refractivity contribution in [3.8, 4) is 5.75 Å². The molecule has 11 heteroatoms. The maximum Gasteiger partial charge on any atom is 0.326 e. The molecule has 1 heterocycles. The van der Waals surface area contributed by atoms with E-state index in [9.17, 15) is 28.2 Å². The number of nitrogens with one attached hydrogen (secondary N) is 1. The number of phenolic OH excluding ortho intramolecular Hbond substituents is 1. The first kappa shape index (κ1) is 23.3. The van der Waals surface area contributed by atoms with Crippen LogP contribution in [0.15, 0.2) is 47.4 Å². The third-order valence-corrected chi connectivity index (χ3v) is 7.26. The summed E-state index contributed by atoms with van der Waals surface area (Å²) in [5.74, 6) is -1.91. The van der Waals surface area contributed by atoms with Crippen molar-refractivity contribution in [1.29, 1.82) is 0 Å². The number of hydrogen-bond donors (Lipinski definition) is 3. The maximum absolute atomic E-state index is 13.1. The second-order valence-corrected chi connectivity index (χ2v) is 9.91. The molecule has 2 aromatic carbocycles. The summed E-state index contributed by atoms with van der Waals surface area (Å²) in [6, 6.07) is 7.51. The quantitative estimate of drug-likeness (QED) is 0.552. The predicted octanol–water partition coefficient (Wildman–Crippen LogP) is 2.66. The number of carbonyl (C=O) groups is 2. The molecule has 1 saturated heterocycles. The Morgan fingerprint density at radius 3 is 2.32 bits per heavy atom. The maximum atomic E-state index is 13.1. The highest BCUT2D eigenvalue weighted by molar-refractivity contribution is 7.89. The molecule has 1 amide bonds. The van der Waals surface area contributed by atoms with Crippen LogP contribution >= 0.6 is 23.2 Å². The van der Waals surface area contributed by atoms with Gasteiger partial charge in [0, 0.05) is 23.0 Å². The first-order valence-corrected chi connectivity index (χ1v) is 11.6. The van der Waals surface area contributed by atoms with Crippen molar-refractivity contribution < 1.29 is 28.2 Å². The van der Waals surface area contributed by atoms with Gasteiger partial charge in [-0.15, -0.1) is 0 Å². The molecule has 3 N–H and O–H groups in total. The summed E-state index contributed by atoms with van der Waals surface area (Å²) in [5.41, 5.74) is 0.593. The van der Waals surface area contributed by atoms with Crippen molar-refractivity contribution in [3.05, 3.63) is 58.1 Å². The third-order valence-electron chi connectivity index (χ3n) is 4.94. The zero-order valence-corrected chi connectivity index (χ0v) is 18.5. The van der Waals surface area contributed by atoms with Gasteiger partial charge >= 0.3 is 5.97 Å². The Kier molecular flexibility index (Phi) is 7.10. The fourth-order valence-electron chi connectivity index (χ4n) is 3.44. The average molecular weight is 487 g/mol. The molecule has 0 aromatic heterocycles. The molecule has 2 atom stereocenters. The van der Waals surface area contributed by atoms with Gasteiger partial charge in [0.1, 0.15) is 17.8 Å². The van der Waals surface area contributed by atoms with Crippen LogP contribution in [0.5, 0.6) is 5.75 Å². The van der Waals surface area contributed by atoms with E-state index in [2.05, 4.69) is 5.32 Å². The number of carbonyl (C=O) groups excluding carboxylic acids is 1. The molecule has 3 rings (SSSR count). The van der Waals surface area contributed by atoms with Crippen molar-refractivity contribution >= 4 is 45.1 Å². The number of hydrogen-bond acceptors (Lipinski definition) is 5. The Balaban J connectivity index is 1.79. The van der Waals surface area contributed by atoms with Crippen molar-refractivity contribution in [2.24, 2.45) is 0 Å². The summed E-state index contributed by atoms with van der Waals surface area (Å²) in [6.45, 7) is 0.111. The molecule has 0 aliphatic carbocycles. The monoisotopic (exact) mass is 486 g/mol. The number of phenols is 1. The molecule has 0 saturated carbocycles. The highest BCUT2D eigenvalue weighted by Crippen LogP contribution is 2.30. The predicted molar refractivity (Wildman–Crippen MR) is 115 cm³/mol. The number of sulfonamides is 1. The van der Waals surface area contributed by atoms with E-state index in [4.69, 9.17) is 23.2 Å². The highest BCUT2D eigenvalue weighted by Gasteiger charge is 2.40. The molecule has 1 fully saturated rings. The Morgan fingerprint density at radius 1 is 1.13 bits per heavy atom. The van der Waals surface area contributed by atoms with E-state index in [0.717, 1.165) is 4.31 Å². The molecule has 0 radical (unpaired) electrons. The van der Waals surface area contributed by atoms with Crippen molar-refractivity contribution in [3.63, 3.8) is 0 Å². The van der Waals surface area contributed by atoms with Crippen LogP contribution < -0.4 is 5.32 Å². The fourth-order valence-corrected chi connectivity index (χ4v) is 5.82. The fraction of sp³-hybridized carbons (Fsp3) is 0.300. The van der Waals surface area contributed by atoms with Crippen LogP contribution in [0.25, 0.3) is 0 Å². The van der Waals surface area contributed by atoms with Crippen LogP contribution in [0.3, 0.4) is 0 Å². The van der Waals surface area contributed by atoms with E-state index >= 15 is 0 Å². The smallest absolute Gasteiger partial charge is 0.326 e. The molecular weight excluding hydrogens is 467 g/mol. The van der Waals surface area contributed by atoms with Gasteiger partial charge in [-0.3, -0.25) is 4.79 Å². The number of rotatable bonds is 7. The zero-order valence-electron chi connectivity index (χ0n) is 16.2. The summed E-state index contributed by atoms with van der Waals surface area (Å²) in [4.78, 5) is 24.4. The Bertz CT molecular complexity index is 1070. The summed E-state index contributed by atoms with van der Waals surface area (Å²) < 4.78 is 27.2. The molecular formula is C20H20Cl2N2O6S. The second kappa shape index (κ2) is 9.44. The van der Waals surface area contributed by atoms with Gasteiger partial charge in [0.25, 0.3) is 0 Å². The summed E-state index contributed by atoms with van der Waals surface area (Å²) in [7, 11) is -4.07. The lowest BCUT2D eigenvalue weighted by Gasteiger charge is -2.25. The number of amides is 1. The van der Waals surface area contributed by atoms with Gasteiger partial charge in [-0.05, 0) is 48.7 Å². The van der Waals surface area contributed by atoms with Gasteiger partial charge < -0.3 is 15.5 Å². The third kappa shape index (κ3) is 5.48. The summed E-state index contributed by atoms with van der Waals surface area (Å²) >= 11 is 11.8. The van der Waals surface area contributed by atoms with Gasteiger partial charge in [-0.2, -0.15) is 4.31 Å². The lowest BCUT2D eigenvalue weighted by molar-refractivity contribution is -0.142. The minimum absolute atomic E-state index is 0.0231. The molecule has 31 heavy (non-hydrogen) atoms. The van der Waals surface area contributed by atoms with Crippen LogP contribution in [0.2, 0.25) is 10.0 Å². The lowest BCUT2D eigenvalue weighted by Crippen LogP contribution is -2.51. The Hall–Kier alpha value is -2.33. The molecule has 8 nitrogen and oxygen atoms in total. The normalized spacial score (nSPS) is 17.9. The topological polar surface area (TPSA) is 124 Å². The molecule has 0 spiro atoms. The molecule has 0 bridgehead atoms. The molecule has 1 aliphatic heterocycles. The van der Waals surface area contributed by atoms with Gasteiger partial charge in [0.05, 0.1) is 4.90 Å². The van der Waals surface area contributed by atoms with Crippen molar-refractivity contribution in [1.82, 2.24) is 9.62 Å². The van der Waals surface area contributed by atoms with Gasteiger partial charge in [0.2, 0.25) is 15.9 Å². The van der Waals surface area contributed by atoms with E-state index in [0.29, 0.717) is 12.0 Å². The number of benzene rings is 2. The first-order chi connectivity index (χ1) is 14.6. The minimum atomic E-state index is -4.07. The summed E-state index contributed by atoms with van der Waals surface area (Å²) in [6.07, 6.45) is 0.678. The molecule has 1 aliphatic rings.